The summed E-state index contributed by atoms with van der Waals surface area (Å²) in [5.74, 6) is 1.03. The summed E-state index contributed by atoms with van der Waals surface area (Å²) in [4.78, 5) is 14.2. The molecule has 0 saturated carbocycles. The van der Waals surface area contributed by atoms with E-state index >= 15 is 0 Å². The Hall–Kier alpha value is -3.63. The number of thioether (sulfide) groups is 1. The van der Waals surface area contributed by atoms with Crippen molar-refractivity contribution in [1.29, 1.82) is 5.26 Å². The van der Waals surface area contributed by atoms with Gasteiger partial charge in [-0.3, -0.25) is 9.36 Å². The van der Waals surface area contributed by atoms with Crippen molar-refractivity contribution >= 4 is 28.4 Å². The quantitative estimate of drug-likeness (QED) is 0.336. The van der Waals surface area contributed by atoms with Crippen LogP contribution < -0.4 is 0 Å². The highest BCUT2D eigenvalue weighted by molar-refractivity contribution is 7.99. The van der Waals surface area contributed by atoms with Gasteiger partial charge in [0, 0.05) is 20.0 Å². The molecule has 1 aromatic heterocycles. The van der Waals surface area contributed by atoms with Gasteiger partial charge in [0.15, 0.2) is 5.16 Å². The molecule has 0 aliphatic carbocycles. The van der Waals surface area contributed by atoms with Crippen LogP contribution in [0.25, 0.3) is 16.5 Å². The molecule has 3 aromatic carbocycles. The second-order valence-electron chi connectivity index (χ2n) is 8.35. The van der Waals surface area contributed by atoms with E-state index in [1.54, 1.807) is 11.9 Å². The number of aryl methyl sites for hydroxylation is 2. The summed E-state index contributed by atoms with van der Waals surface area (Å²) in [6.45, 7) is 4.58. The van der Waals surface area contributed by atoms with Crippen LogP contribution in [0.1, 0.15) is 28.9 Å². The van der Waals surface area contributed by atoms with Gasteiger partial charge in [0.1, 0.15) is 5.82 Å². The van der Waals surface area contributed by atoms with E-state index in [9.17, 15) is 4.79 Å². The van der Waals surface area contributed by atoms with Crippen LogP contribution >= 0.6 is 11.8 Å². The number of carbonyl (C=O) groups is 1. The molecular formula is C27H27N5OS. The second kappa shape index (κ2) is 10.5. The molecule has 4 aromatic rings. The van der Waals surface area contributed by atoms with Crippen LogP contribution in [0, 0.1) is 25.2 Å². The topological polar surface area (TPSA) is 74.8 Å². The van der Waals surface area contributed by atoms with Crippen molar-refractivity contribution in [2.24, 2.45) is 0 Å². The average molecular weight is 470 g/mol. The highest BCUT2D eigenvalue weighted by Crippen LogP contribution is 2.28. The number of benzene rings is 3. The minimum atomic E-state index is -0.0361. The Kier molecular flexibility index (Phi) is 7.29. The molecule has 0 saturated heterocycles. The van der Waals surface area contributed by atoms with Gasteiger partial charge in [0.05, 0.1) is 23.9 Å². The van der Waals surface area contributed by atoms with E-state index < -0.39 is 0 Å². The highest BCUT2D eigenvalue weighted by atomic mass is 32.2. The van der Waals surface area contributed by atoms with Gasteiger partial charge in [-0.25, -0.2) is 0 Å². The number of aromatic nitrogens is 3. The largest absolute Gasteiger partial charge is 0.344 e. The van der Waals surface area contributed by atoms with E-state index in [1.165, 1.54) is 33.7 Å². The van der Waals surface area contributed by atoms with Gasteiger partial charge in [-0.1, -0.05) is 71.9 Å². The molecule has 0 N–H and O–H groups in total. The molecule has 0 spiro atoms. The Morgan fingerprint density at radius 3 is 2.68 bits per heavy atom. The molecule has 6 nitrogen and oxygen atoms in total. The molecule has 0 fully saturated rings. The van der Waals surface area contributed by atoms with E-state index in [4.69, 9.17) is 5.26 Å². The Morgan fingerprint density at radius 2 is 1.88 bits per heavy atom. The summed E-state index contributed by atoms with van der Waals surface area (Å²) in [5, 5.41) is 20.9. The van der Waals surface area contributed by atoms with E-state index in [-0.39, 0.29) is 11.7 Å². The third kappa shape index (κ3) is 5.13. The lowest BCUT2D eigenvalue weighted by Crippen LogP contribution is -2.29. The molecule has 172 valence electrons. The minimum absolute atomic E-state index is 0.0361. The molecule has 34 heavy (non-hydrogen) atoms. The lowest BCUT2D eigenvalue weighted by molar-refractivity contribution is -0.127. The third-order valence-corrected chi connectivity index (χ3v) is 6.75. The van der Waals surface area contributed by atoms with Gasteiger partial charge in [0.2, 0.25) is 5.91 Å². The lowest BCUT2D eigenvalue weighted by Gasteiger charge is -2.16. The van der Waals surface area contributed by atoms with Crippen LogP contribution in [0.5, 0.6) is 0 Å². The molecule has 0 bridgehead atoms. The normalized spacial score (nSPS) is 10.9. The van der Waals surface area contributed by atoms with E-state index in [2.05, 4.69) is 89.3 Å². The minimum Gasteiger partial charge on any atom is -0.344 e. The SMILES string of the molecule is Cc1ccc(-n2c(Cc3cccc4ccccc34)nnc2SCC(=O)N(C)CCC#N)c(C)c1. The first-order valence-electron chi connectivity index (χ1n) is 11.2. The third-order valence-electron chi connectivity index (χ3n) is 5.83. The monoisotopic (exact) mass is 469 g/mol. The van der Waals surface area contributed by atoms with Crippen molar-refractivity contribution in [2.75, 3.05) is 19.3 Å². The molecule has 0 atom stereocenters. The molecule has 4 rings (SSSR count). The fourth-order valence-corrected chi connectivity index (χ4v) is 4.91. The first kappa shape index (κ1) is 23.5. The molecule has 0 unspecified atom stereocenters. The Bertz CT molecular complexity index is 1370. The molecule has 1 amide bonds. The van der Waals surface area contributed by atoms with Gasteiger partial charge in [-0.05, 0) is 41.8 Å². The van der Waals surface area contributed by atoms with Crippen LogP contribution in [0.4, 0.5) is 0 Å². The summed E-state index contributed by atoms with van der Waals surface area (Å²) in [6.07, 6.45) is 0.944. The van der Waals surface area contributed by atoms with E-state index in [1.807, 2.05) is 6.07 Å². The van der Waals surface area contributed by atoms with Crippen LogP contribution in [0.15, 0.2) is 65.8 Å². The lowest BCUT2D eigenvalue weighted by atomic mass is 10.0. The van der Waals surface area contributed by atoms with Crippen molar-refractivity contribution in [1.82, 2.24) is 19.7 Å². The van der Waals surface area contributed by atoms with Crippen molar-refractivity contribution in [3.8, 4) is 11.8 Å². The predicted molar refractivity (Wildman–Crippen MR) is 136 cm³/mol. The number of nitrogens with zero attached hydrogens (tertiary/aromatic N) is 5. The Morgan fingerprint density at radius 1 is 1.09 bits per heavy atom. The van der Waals surface area contributed by atoms with Gasteiger partial charge < -0.3 is 4.90 Å². The molecule has 0 aliphatic heterocycles. The van der Waals surface area contributed by atoms with Crippen LogP contribution in [0.3, 0.4) is 0 Å². The first-order valence-corrected chi connectivity index (χ1v) is 12.2. The highest BCUT2D eigenvalue weighted by Gasteiger charge is 2.19. The summed E-state index contributed by atoms with van der Waals surface area (Å²) in [7, 11) is 1.72. The standard InChI is InChI=1S/C27H27N5OS/c1-19-12-13-24(20(2)16-19)32-25(17-22-10-6-9-21-8-4-5-11-23(21)22)29-30-27(32)34-18-26(33)31(3)15-7-14-28/h4-6,8-13,16H,7,15,17-18H2,1-3H3. The molecule has 1 heterocycles. The van der Waals surface area contributed by atoms with Crippen LogP contribution in [-0.4, -0.2) is 44.9 Å². The predicted octanol–water partition coefficient (Wildman–Crippen LogP) is 5.09. The first-order chi connectivity index (χ1) is 16.5. The number of carbonyl (C=O) groups excluding carboxylic acids is 1. The molecule has 0 radical (unpaired) electrons. The summed E-state index contributed by atoms with van der Waals surface area (Å²) in [5.41, 5.74) is 4.51. The Balaban J connectivity index is 1.69. The summed E-state index contributed by atoms with van der Waals surface area (Å²) >= 11 is 1.37. The zero-order valence-electron chi connectivity index (χ0n) is 19.7. The number of hydrogen-bond acceptors (Lipinski definition) is 5. The van der Waals surface area contributed by atoms with E-state index in [0.717, 1.165) is 17.1 Å². The zero-order chi connectivity index (χ0) is 24.1. The van der Waals surface area contributed by atoms with Gasteiger partial charge >= 0.3 is 0 Å². The van der Waals surface area contributed by atoms with Crippen molar-refractivity contribution < 1.29 is 4.79 Å². The number of rotatable bonds is 8. The van der Waals surface area contributed by atoms with Crippen molar-refractivity contribution in [3.05, 3.63) is 83.2 Å². The average Bonchev–Trinajstić information content (AvgIpc) is 3.23. The smallest absolute Gasteiger partial charge is 0.232 e. The van der Waals surface area contributed by atoms with Crippen molar-refractivity contribution in [3.63, 3.8) is 0 Å². The maximum absolute atomic E-state index is 12.6. The molecular weight excluding hydrogens is 442 g/mol. The number of amides is 1. The summed E-state index contributed by atoms with van der Waals surface area (Å²) < 4.78 is 2.07. The van der Waals surface area contributed by atoms with Crippen LogP contribution in [-0.2, 0) is 11.2 Å². The molecule has 0 aliphatic rings. The zero-order valence-corrected chi connectivity index (χ0v) is 20.5. The van der Waals surface area contributed by atoms with Crippen LogP contribution in [0.2, 0.25) is 0 Å². The maximum Gasteiger partial charge on any atom is 0.232 e. The Labute approximate surface area is 204 Å². The fourth-order valence-electron chi connectivity index (χ4n) is 4.00. The number of nitriles is 1. The van der Waals surface area contributed by atoms with Gasteiger partial charge in [-0.2, -0.15) is 5.26 Å². The van der Waals surface area contributed by atoms with Crippen molar-refractivity contribution in [2.45, 2.75) is 31.8 Å². The number of hydrogen-bond donors (Lipinski definition) is 0. The fraction of sp³-hybridized carbons (Fsp3) is 0.259. The number of fused-ring (bicyclic) bond motifs is 1. The van der Waals surface area contributed by atoms with E-state index in [0.29, 0.717) is 24.5 Å². The van der Waals surface area contributed by atoms with Gasteiger partial charge in [0.25, 0.3) is 0 Å². The summed E-state index contributed by atoms with van der Waals surface area (Å²) in [6, 6.07) is 23.1. The second-order valence-corrected chi connectivity index (χ2v) is 9.29. The maximum atomic E-state index is 12.6. The molecule has 7 heteroatoms. The van der Waals surface area contributed by atoms with Gasteiger partial charge in [-0.15, -0.1) is 10.2 Å².